The second kappa shape index (κ2) is 9.78. The highest BCUT2D eigenvalue weighted by Crippen LogP contribution is 2.24. The number of hydrogen-bond donors (Lipinski definition) is 1. The number of ether oxygens (including phenoxy) is 1. The molecule has 2 aromatic heterocycles. The van der Waals surface area contributed by atoms with Crippen molar-refractivity contribution in [3.05, 3.63) is 89.0 Å². The molecule has 3 heterocycles. The minimum absolute atomic E-state index is 0.102. The Morgan fingerprint density at radius 1 is 1.19 bits per heavy atom. The average Bonchev–Trinajstić information content (AvgIpc) is 3.23. The van der Waals surface area contributed by atoms with Crippen LogP contribution in [0.3, 0.4) is 0 Å². The first-order chi connectivity index (χ1) is 15.6. The smallest absolute Gasteiger partial charge is 0.270 e. The summed E-state index contributed by atoms with van der Waals surface area (Å²) in [6, 6.07) is 17.1. The molecular formula is C25H28N4O3. The summed E-state index contributed by atoms with van der Waals surface area (Å²) in [4.78, 5) is 32.4. The number of aromatic nitrogens is 2. The molecule has 0 unspecified atom stereocenters. The third-order valence-electron chi connectivity index (χ3n) is 5.76. The van der Waals surface area contributed by atoms with E-state index >= 15 is 0 Å². The highest BCUT2D eigenvalue weighted by molar-refractivity contribution is 6.00. The Bertz CT molecular complexity index is 1080. The summed E-state index contributed by atoms with van der Waals surface area (Å²) in [5, 5.41) is 3.13. The van der Waals surface area contributed by atoms with Gasteiger partial charge in [0.1, 0.15) is 5.69 Å². The highest BCUT2D eigenvalue weighted by Gasteiger charge is 2.28. The third kappa shape index (κ3) is 4.57. The van der Waals surface area contributed by atoms with Gasteiger partial charge in [-0.3, -0.25) is 14.6 Å². The Labute approximate surface area is 188 Å². The third-order valence-corrected chi connectivity index (χ3v) is 5.76. The van der Waals surface area contributed by atoms with Crippen LogP contribution in [0.2, 0.25) is 0 Å². The Balaban J connectivity index is 1.58. The molecule has 0 saturated heterocycles. The van der Waals surface area contributed by atoms with E-state index in [9.17, 15) is 9.59 Å². The fraction of sp³-hybridized carbons (Fsp3) is 0.320. The van der Waals surface area contributed by atoms with Gasteiger partial charge in [0.2, 0.25) is 0 Å². The van der Waals surface area contributed by atoms with E-state index in [0.29, 0.717) is 37.6 Å². The first kappa shape index (κ1) is 21.8. The van der Waals surface area contributed by atoms with E-state index in [1.54, 1.807) is 24.2 Å². The lowest BCUT2D eigenvalue weighted by Crippen LogP contribution is -2.31. The zero-order valence-electron chi connectivity index (χ0n) is 18.5. The zero-order valence-corrected chi connectivity index (χ0v) is 18.5. The van der Waals surface area contributed by atoms with E-state index in [1.807, 2.05) is 60.0 Å². The lowest BCUT2D eigenvalue weighted by atomic mass is 10.0. The number of nitrogens with one attached hydrogen (secondary N) is 1. The van der Waals surface area contributed by atoms with Gasteiger partial charge in [-0.15, -0.1) is 0 Å². The molecule has 166 valence electrons. The number of carbonyl (C=O) groups excluding carboxylic acids is 2. The van der Waals surface area contributed by atoms with E-state index in [1.165, 1.54) is 0 Å². The van der Waals surface area contributed by atoms with E-state index in [-0.39, 0.29) is 17.9 Å². The number of nitrogens with zero attached hydrogens (tertiary/aromatic N) is 3. The first-order valence-corrected chi connectivity index (χ1v) is 10.9. The molecular weight excluding hydrogens is 404 g/mol. The van der Waals surface area contributed by atoms with Gasteiger partial charge >= 0.3 is 0 Å². The van der Waals surface area contributed by atoms with Crippen LogP contribution < -0.4 is 5.32 Å². The number of hydrogen-bond acceptors (Lipinski definition) is 4. The van der Waals surface area contributed by atoms with Crippen molar-refractivity contribution in [1.29, 1.82) is 0 Å². The molecule has 0 bridgehead atoms. The van der Waals surface area contributed by atoms with E-state index in [2.05, 4.69) is 10.3 Å². The molecule has 0 fully saturated rings. The molecule has 4 rings (SSSR count). The summed E-state index contributed by atoms with van der Waals surface area (Å²) < 4.78 is 7.53. The van der Waals surface area contributed by atoms with Crippen molar-refractivity contribution < 1.29 is 14.3 Å². The van der Waals surface area contributed by atoms with Crippen molar-refractivity contribution in [1.82, 2.24) is 19.8 Å². The van der Waals surface area contributed by atoms with E-state index in [4.69, 9.17) is 4.74 Å². The van der Waals surface area contributed by atoms with Gasteiger partial charge in [0.15, 0.2) is 0 Å². The average molecular weight is 433 g/mol. The first-order valence-electron chi connectivity index (χ1n) is 10.9. The Hall–Kier alpha value is -3.45. The molecule has 0 saturated carbocycles. The number of carbonyl (C=O) groups is 2. The summed E-state index contributed by atoms with van der Waals surface area (Å²) in [6.45, 7) is 3.79. The van der Waals surface area contributed by atoms with Gasteiger partial charge in [0.05, 0.1) is 42.8 Å². The predicted octanol–water partition coefficient (Wildman–Crippen LogP) is 3.57. The van der Waals surface area contributed by atoms with Gasteiger partial charge < -0.3 is 19.5 Å². The molecule has 1 atom stereocenters. The molecule has 32 heavy (non-hydrogen) atoms. The molecule has 2 amide bonds. The van der Waals surface area contributed by atoms with Gasteiger partial charge in [-0.1, -0.05) is 43.3 Å². The van der Waals surface area contributed by atoms with Crippen molar-refractivity contribution in [3.8, 4) is 0 Å². The maximum Gasteiger partial charge on any atom is 0.270 e. The van der Waals surface area contributed by atoms with Crippen molar-refractivity contribution in [2.24, 2.45) is 0 Å². The van der Waals surface area contributed by atoms with Crippen molar-refractivity contribution in [2.75, 3.05) is 13.7 Å². The molecule has 1 aliphatic heterocycles. The highest BCUT2D eigenvalue weighted by atomic mass is 16.5. The SMILES string of the molecule is CC[C@@H](NC(=O)c1cc(C(=O)N(C)Cc2ccccn2)n2c1COCC2)c1ccccc1. The second-order valence-electron chi connectivity index (χ2n) is 7.92. The molecule has 7 nitrogen and oxygen atoms in total. The molecule has 1 aliphatic rings. The van der Waals surface area contributed by atoms with Crippen LogP contribution in [0.25, 0.3) is 0 Å². The minimum atomic E-state index is -0.193. The van der Waals surface area contributed by atoms with Crippen LogP contribution in [-0.4, -0.2) is 39.9 Å². The minimum Gasteiger partial charge on any atom is -0.373 e. The van der Waals surface area contributed by atoms with Crippen LogP contribution in [0.5, 0.6) is 0 Å². The number of pyridine rings is 1. The summed E-state index contributed by atoms with van der Waals surface area (Å²) in [6.07, 6.45) is 2.48. The zero-order chi connectivity index (χ0) is 22.5. The second-order valence-corrected chi connectivity index (χ2v) is 7.92. The molecule has 3 aromatic rings. The standard InChI is InChI=1S/C25H28N4O3/c1-3-21(18-9-5-4-6-10-18)27-24(30)20-15-22(29-13-14-32-17-23(20)29)25(31)28(2)16-19-11-7-8-12-26-19/h4-12,15,21H,3,13-14,16-17H2,1-2H3,(H,27,30)/t21-/m1/s1. The quantitative estimate of drug-likeness (QED) is 0.619. The number of fused-ring (bicyclic) bond motifs is 1. The maximum atomic E-state index is 13.3. The lowest BCUT2D eigenvalue weighted by Gasteiger charge is -2.22. The lowest BCUT2D eigenvalue weighted by molar-refractivity contribution is 0.0708. The molecule has 0 spiro atoms. The largest absolute Gasteiger partial charge is 0.373 e. The molecule has 7 heteroatoms. The fourth-order valence-corrected chi connectivity index (χ4v) is 4.04. The van der Waals surface area contributed by atoms with Crippen LogP contribution in [-0.2, 0) is 24.4 Å². The van der Waals surface area contributed by atoms with Crippen molar-refractivity contribution in [3.63, 3.8) is 0 Å². The monoisotopic (exact) mass is 432 g/mol. The summed E-state index contributed by atoms with van der Waals surface area (Å²) in [5.74, 6) is -0.339. The molecule has 0 aliphatic carbocycles. The van der Waals surface area contributed by atoms with Gasteiger partial charge in [-0.05, 0) is 30.2 Å². The topological polar surface area (TPSA) is 76.5 Å². The number of rotatable bonds is 7. The van der Waals surface area contributed by atoms with Gasteiger partial charge in [-0.2, -0.15) is 0 Å². The van der Waals surface area contributed by atoms with E-state index in [0.717, 1.165) is 23.4 Å². The van der Waals surface area contributed by atoms with Crippen LogP contribution in [0.1, 0.15) is 57.2 Å². The van der Waals surface area contributed by atoms with Gasteiger partial charge in [0, 0.05) is 19.8 Å². The Morgan fingerprint density at radius 3 is 2.69 bits per heavy atom. The molecule has 0 radical (unpaired) electrons. The normalized spacial score (nSPS) is 13.8. The Morgan fingerprint density at radius 2 is 1.97 bits per heavy atom. The van der Waals surface area contributed by atoms with Crippen LogP contribution in [0, 0.1) is 0 Å². The summed E-state index contributed by atoms with van der Waals surface area (Å²) >= 11 is 0. The number of benzene rings is 1. The summed E-state index contributed by atoms with van der Waals surface area (Å²) in [7, 11) is 1.75. The van der Waals surface area contributed by atoms with Gasteiger partial charge in [-0.25, -0.2) is 0 Å². The Kier molecular flexibility index (Phi) is 6.66. The fourth-order valence-electron chi connectivity index (χ4n) is 4.04. The predicted molar refractivity (Wildman–Crippen MR) is 121 cm³/mol. The molecule has 1 N–H and O–H groups in total. The van der Waals surface area contributed by atoms with Crippen LogP contribution >= 0.6 is 0 Å². The van der Waals surface area contributed by atoms with Crippen molar-refractivity contribution in [2.45, 2.75) is 39.1 Å². The van der Waals surface area contributed by atoms with Crippen LogP contribution in [0.4, 0.5) is 0 Å². The van der Waals surface area contributed by atoms with Crippen LogP contribution in [0.15, 0.2) is 60.8 Å². The number of amides is 2. The van der Waals surface area contributed by atoms with E-state index < -0.39 is 0 Å². The van der Waals surface area contributed by atoms with Crippen molar-refractivity contribution >= 4 is 11.8 Å². The molecule has 1 aromatic carbocycles. The van der Waals surface area contributed by atoms with Gasteiger partial charge in [0.25, 0.3) is 11.8 Å². The summed E-state index contributed by atoms with van der Waals surface area (Å²) in [5.41, 5.74) is 3.60. The maximum absolute atomic E-state index is 13.3.